The second-order valence-electron chi connectivity index (χ2n) is 6.18. The molecule has 0 N–H and O–H groups in total. The maximum absolute atomic E-state index is 12.4. The lowest BCUT2D eigenvalue weighted by Crippen LogP contribution is -2.31. The van der Waals surface area contributed by atoms with Crippen molar-refractivity contribution in [2.24, 2.45) is 0 Å². The Balaban J connectivity index is 1.52. The number of rotatable bonds is 5. The van der Waals surface area contributed by atoms with Gasteiger partial charge in [-0.3, -0.25) is 4.79 Å². The monoisotopic (exact) mass is 405 g/mol. The summed E-state index contributed by atoms with van der Waals surface area (Å²) in [6.45, 7) is 2.94. The van der Waals surface area contributed by atoms with Crippen LogP contribution >= 0.6 is 15.9 Å². The number of nitrogens with zero attached hydrogens (tertiary/aromatic N) is 1. The van der Waals surface area contributed by atoms with Crippen LogP contribution in [0.5, 0.6) is 5.75 Å². The fourth-order valence-corrected chi connectivity index (χ4v) is 3.47. The fourth-order valence-electron chi connectivity index (χ4n) is 2.99. The molecule has 1 saturated heterocycles. The molecule has 25 heavy (non-hydrogen) atoms. The molecule has 0 saturated carbocycles. The molecule has 2 aromatic rings. The summed E-state index contributed by atoms with van der Waals surface area (Å²) < 4.78 is 11.8. The van der Waals surface area contributed by atoms with Gasteiger partial charge in [-0.1, -0.05) is 34.1 Å². The number of aryl methyl sites for hydroxylation is 2. The van der Waals surface area contributed by atoms with Crippen LogP contribution in [0.4, 0.5) is 0 Å². The first-order valence-corrected chi connectivity index (χ1v) is 9.10. The molecule has 132 valence electrons. The van der Waals surface area contributed by atoms with Crippen LogP contribution in [0.1, 0.15) is 24.2 Å². The molecule has 1 amide bonds. The van der Waals surface area contributed by atoms with Crippen LogP contribution < -0.4 is 10.4 Å². The summed E-state index contributed by atoms with van der Waals surface area (Å²) >= 11 is 3.51. The van der Waals surface area contributed by atoms with Crippen molar-refractivity contribution >= 4 is 21.8 Å². The van der Waals surface area contributed by atoms with E-state index >= 15 is 0 Å². The summed E-state index contributed by atoms with van der Waals surface area (Å²) in [5.74, 6) is 1.15. The Bertz CT molecular complexity index is 817. The average Bonchev–Trinajstić information content (AvgIpc) is 3.01. The number of carbonyl (C=O) groups is 1. The molecule has 1 atom stereocenters. The molecule has 3 rings (SSSR count). The van der Waals surface area contributed by atoms with Crippen LogP contribution in [0.15, 0.2) is 50.1 Å². The Morgan fingerprint density at radius 1 is 1.36 bits per heavy atom. The van der Waals surface area contributed by atoms with E-state index in [9.17, 15) is 9.59 Å². The highest BCUT2D eigenvalue weighted by atomic mass is 79.9. The molecule has 1 aromatic carbocycles. The van der Waals surface area contributed by atoms with Gasteiger partial charge in [-0.25, -0.2) is 4.79 Å². The van der Waals surface area contributed by atoms with Crippen molar-refractivity contribution in [2.45, 2.75) is 32.3 Å². The number of benzene rings is 1. The van der Waals surface area contributed by atoms with Crippen molar-refractivity contribution in [1.82, 2.24) is 4.90 Å². The minimum absolute atomic E-state index is 0.0892. The van der Waals surface area contributed by atoms with Crippen LogP contribution in [-0.2, 0) is 11.2 Å². The van der Waals surface area contributed by atoms with Gasteiger partial charge in [-0.2, -0.15) is 0 Å². The third-order valence-electron chi connectivity index (χ3n) is 4.23. The molecule has 1 fully saturated rings. The lowest BCUT2D eigenvalue weighted by Gasteiger charge is -2.17. The summed E-state index contributed by atoms with van der Waals surface area (Å²) in [7, 11) is 0. The van der Waals surface area contributed by atoms with Crippen molar-refractivity contribution in [2.75, 3.05) is 13.1 Å². The second kappa shape index (κ2) is 7.87. The van der Waals surface area contributed by atoms with E-state index < -0.39 is 5.63 Å². The summed E-state index contributed by atoms with van der Waals surface area (Å²) in [4.78, 5) is 25.6. The number of carbonyl (C=O) groups excluding carboxylic acids is 1. The fraction of sp³-hybridized carbons (Fsp3) is 0.368. The van der Waals surface area contributed by atoms with Gasteiger partial charge in [0.1, 0.15) is 17.6 Å². The molecule has 1 aromatic heterocycles. The molecule has 0 radical (unpaired) electrons. The lowest BCUT2D eigenvalue weighted by molar-refractivity contribution is -0.130. The highest BCUT2D eigenvalue weighted by molar-refractivity contribution is 9.10. The van der Waals surface area contributed by atoms with E-state index in [4.69, 9.17) is 9.15 Å². The number of ether oxygens (including phenoxy) is 1. The van der Waals surface area contributed by atoms with Gasteiger partial charge in [0.15, 0.2) is 0 Å². The first-order chi connectivity index (χ1) is 12.0. The zero-order chi connectivity index (χ0) is 17.8. The Morgan fingerprint density at radius 2 is 2.16 bits per heavy atom. The minimum atomic E-state index is -0.422. The van der Waals surface area contributed by atoms with E-state index in [-0.39, 0.29) is 12.0 Å². The van der Waals surface area contributed by atoms with Gasteiger partial charge in [0.05, 0.1) is 12.6 Å². The Hall–Kier alpha value is -2.08. The highest BCUT2D eigenvalue weighted by Gasteiger charge is 2.27. The first kappa shape index (κ1) is 17.7. The van der Waals surface area contributed by atoms with Crippen molar-refractivity contribution in [3.63, 3.8) is 0 Å². The zero-order valence-electron chi connectivity index (χ0n) is 14.0. The summed E-state index contributed by atoms with van der Waals surface area (Å²) in [6.07, 6.45) is 1.86. The van der Waals surface area contributed by atoms with Crippen molar-refractivity contribution in [3.8, 4) is 5.75 Å². The number of halogens is 1. The number of hydrogen-bond donors (Lipinski definition) is 0. The van der Waals surface area contributed by atoms with Crippen molar-refractivity contribution in [1.29, 1.82) is 0 Å². The maximum Gasteiger partial charge on any atom is 0.339 e. The molecule has 1 aliphatic heterocycles. The van der Waals surface area contributed by atoms with Crippen LogP contribution in [-0.4, -0.2) is 30.0 Å². The molecule has 6 heteroatoms. The van der Waals surface area contributed by atoms with Gasteiger partial charge in [0.2, 0.25) is 5.91 Å². The Labute approximate surface area is 154 Å². The summed E-state index contributed by atoms with van der Waals surface area (Å²) in [5.41, 5.74) is 0.712. The number of likely N-dealkylation sites (tertiary alicyclic amines) is 1. The summed E-state index contributed by atoms with van der Waals surface area (Å²) in [6, 6.07) is 11.0. The molecule has 5 nitrogen and oxygen atoms in total. The van der Waals surface area contributed by atoms with Crippen LogP contribution in [0, 0.1) is 6.92 Å². The SMILES string of the molecule is Cc1cc(OC2CCN(C(=O)CCc3ccccc3Br)C2)cc(=O)o1. The number of amides is 1. The van der Waals surface area contributed by atoms with Gasteiger partial charge in [0.25, 0.3) is 0 Å². The van der Waals surface area contributed by atoms with E-state index in [1.54, 1.807) is 13.0 Å². The molecule has 0 bridgehead atoms. The molecule has 0 aliphatic carbocycles. The maximum atomic E-state index is 12.4. The number of hydrogen-bond acceptors (Lipinski definition) is 4. The molecule has 2 heterocycles. The van der Waals surface area contributed by atoms with Gasteiger partial charge in [-0.15, -0.1) is 0 Å². The van der Waals surface area contributed by atoms with E-state index in [1.807, 2.05) is 29.2 Å². The molecule has 1 unspecified atom stereocenters. The minimum Gasteiger partial charge on any atom is -0.488 e. The molecular formula is C19H20BrNO4. The van der Waals surface area contributed by atoms with Gasteiger partial charge in [-0.05, 0) is 25.0 Å². The zero-order valence-corrected chi connectivity index (χ0v) is 15.6. The smallest absolute Gasteiger partial charge is 0.339 e. The third kappa shape index (κ3) is 4.72. The summed E-state index contributed by atoms with van der Waals surface area (Å²) in [5, 5.41) is 0. The van der Waals surface area contributed by atoms with Gasteiger partial charge in [0, 0.05) is 29.9 Å². The quantitative estimate of drug-likeness (QED) is 0.765. The van der Waals surface area contributed by atoms with Crippen LogP contribution in [0.3, 0.4) is 0 Å². The third-order valence-corrected chi connectivity index (χ3v) is 5.01. The highest BCUT2D eigenvalue weighted by Crippen LogP contribution is 2.21. The molecule has 1 aliphatic rings. The van der Waals surface area contributed by atoms with Crippen molar-refractivity contribution < 1.29 is 13.9 Å². The van der Waals surface area contributed by atoms with Crippen molar-refractivity contribution in [3.05, 3.63) is 62.6 Å². The predicted octanol–water partition coefficient (Wildman–Crippen LogP) is 3.32. The largest absolute Gasteiger partial charge is 0.488 e. The van der Waals surface area contributed by atoms with E-state index in [0.717, 1.165) is 16.5 Å². The predicted molar refractivity (Wildman–Crippen MR) is 97.8 cm³/mol. The van der Waals surface area contributed by atoms with E-state index in [0.29, 0.717) is 37.4 Å². The van der Waals surface area contributed by atoms with Gasteiger partial charge < -0.3 is 14.1 Å². The van der Waals surface area contributed by atoms with E-state index in [1.165, 1.54) is 6.07 Å². The second-order valence-corrected chi connectivity index (χ2v) is 7.04. The Morgan fingerprint density at radius 3 is 2.92 bits per heavy atom. The average molecular weight is 406 g/mol. The molecular weight excluding hydrogens is 386 g/mol. The van der Waals surface area contributed by atoms with Gasteiger partial charge >= 0.3 is 5.63 Å². The standard InChI is InChI=1S/C19H20BrNO4/c1-13-10-16(11-19(23)24-13)25-15-8-9-21(12-15)18(22)7-6-14-4-2-3-5-17(14)20/h2-5,10-11,15H,6-9,12H2,1H3. The molecule has 0 spiro atoms. The van der Waals surface area contributed by atoms with Crippen LogP contribution in [0.25, 0.3) is 0 Å². The normalized spacial score (nSPS) is 16.9. The topological polar surface area (TPSA) is 59.8 Å². The van der Waals surface area contributed by atoms with Crippen LogP contribution in [0.2, 0.25) is 0 Å². The van der Waals surface area contributed by atoms with E-state index in [2.05, 4.69) is 15.9 Å². The Kier molecular flexibility index (Phi) is 5.58. The lowest BCUT2D eigenvalue weighted by atomic mass is 10.1. The first-order valence-electron chi connectivity index (χ1n) is 8.31.